The van der Waals surface area contributed by atoms with Gasteiger partial charge in [0.15, 0.2) is 6.79 Å². The normalized spacial score (nSPS) is 12.4. The minimum atomic E-state index is -3.86. The molecule has 0 atom stereocenters. The van der Waals surface area contributed by atoms with E-state index >= 15 is 0 Å². The smallest absolute Gasteiger partial charge is 0.341 e. The number of ether oxygens (including phenoxy) is 4. The first-order valence-corrected chi connectivity index (χ1v) is 18.0. The van der Waals surface area contributed by atoms with Gasteiger partial charge in [0.2, 0.25) is 15.9 Å². The van der Waals surface area contributed by atoms with Crippen LogP contribution in [0.25, 0.3) is 0 Å². The standard InChI is InChI=1S/C28H28N4O6S.C9H11NO3/c1-2-38-28(34)24-13-22(14-29)26(30-25(24)18-37-17-20-9-5-3-6-10-20)32-15-23(16-32)27(33)31-39(35,36)19-21-11-7-4-8-12-21;1-2-12-7-13-9(11)8-4-3-5-10-6-8/h3-13,23H,2,15-19H2,1H3,(H,31,33);3-6H,2,7H2,1H3. The molecule has 0 bridgehead atoms. The number of anilines is 1. The van der Waals surface area contributed by atoms with Gasteiger partial charge in [0, 0.05) is 32.1 Å². The first-order chi connectivity index (χ1) is 25.1. The number of benzene rings is 2. The van der Waals surface area contributed by atoms with Crippen molar-refractivity contribution in [3.63, 3.8) is 0 Å². The zero-order chi connectivity index (χ0) is 37.3. The molecule has 2 aromatic carbocycles. The number of rotatable bonds is 15. The molecule has 0 unspecified atom stereocenters. The third-order valence-corrected chi connectivity index (χ3v) is 8.66. The Morgan fingerprint density at radius 2 is 1.58 bits per heavy atom. The van der Waals surface area contributed by atoms with Crippen molar-refractivity contribution in [3.05, 3.63) is 125 Å². The van der Waals surface area contributed by atoms with Crippen molar-refractivity contribution in [2.45, 2.75) is 32.8 Å². The van der Waals surface area contributed by atoms with E-state index < -0.39 is 33.8 Å². The summed E-state index contributed by atoms with van der Waals surface area (Å²) in [6.07, 6.45) is 3.05. The number of nitrogens with one attached hydrogen (secondary N) is 1. The molecule has 1 saturated heterocycles. The van der Waals surface area contributed by atoms with Gasteiger partial charge in [-0.3, -0.25) is 14.5 Å². The minimum Gasteiger partial charge on any atom is -0.462 e. The highest BCUT2D eigenvalue weighted by molar-refractivity contribution is 7.89. The van der Waals surface area contributed by atoms with Crippen LogP contribution in [0.4, 0.5) is 5.82 Å². The van der Waals surface area contributed by atoms with Crippen molar-refractivity contribution in [3.8, 4) is 6.07 Å². The van der Waals surface area contributed by atoms with Crippen molar-refractivity contribution in [1.29, 1.82) is 5.26 Å². The van der Waals surface area contributed by atoms with Gasteiger partial charge in [-0.1, -0.05) is 60.7 Å². The Morgan fingerprint density at radius 3 is 2.19 bits per heavy atom. The first-order valence-electron chi connectivity index (χ1n) is 16.3. The maximum absolute atomic E-state index is 12.6. The Bertz CT molecular complexity index is 1940. The molecule has 4 aromatic rings. The van der Waals surface area contributed by atoms with E-state index in [-0.39, 0.29) is 50.0 Å². The molecule has 1 N–H and O–H groups in total. The molecule has 0 spiro atoms. The molecule has 3 heterocycles. The summed E-state index contributed by atoms with van der Waals surface area (Å²) in [5.74, 6) is -2.27. The van der Waals surface area contributed by atoms with Crippen LogP contribution >= 0.6 is 0 Å². The third kappa shape index (κ3) is 11.7. The van der Waals surface area contributed by atoms with Crippen LogP contribution in [0.15, 0.2) is 91.3 Å². The van der Waals surface area contributed by atoms with E-state index in [9.17, 15) is 28.1 Å². The Hall–Kier alpha value is -5.69. The molecule has 15 heteroatoms. The number of carbonyl (C=O) groups is 3. The van der Waals surface area contributed by atoms with Gasteiger partial charge in [-0.25, -0.2) is 23.0 Å². The zero-order valence-electron chi connectivity index (χ0n) is 28.8. The van der Waals surface area contributed by atoms with Gasteiger partial charge in [0.05, 0.1) is 53.9 Å². The van der Waals surface area contributed by atoms with Crippen molar-refractivity contribution < 1.29 is 41.7 Å². The van der Waals surface area contributed by atoms with Crippen molar-refractivity contribution in [2.24, 2.45) is 5.92 Å². The van der Waals surface area contributed by atoms with Crippen LogP contribution in [0.5, 0.6) is 0 Å². The fourth-order valence-electron chi connectivity index (χ4n) is 4.83. The summed E-state index contributed by atoms with van der Waals surface area (Å²) in [5.41, 5.74) is 2.52. The summed E-state index contributed by atoms with van der Waals surface area (Å²) < 4.78 is 47.6. The van der Waals surface area contributed by atoms with Crippen LogP contribution in [-0.4, -0.2) is 69.3 Å². The molecular formula is C37H39N5O9S. The number of hydrogen-bond acceptors (Lipinski definition) is 13. The Morgan fingerprint density at radius 1 is 0.885 bits per heavy atom. The van der Waals surface area contributed by atoms with Crippen LogP contribution in [-0.2, 0) is 52.7 Å². The van der Waals surface area contributed by atoms with Gasteiger partial charge in [-0.15, -0.1) is 0 Å². The van der Waals surface area contributed by atoms with Gasteiger partial charge in [0.1, 0.15) is 11.9 Å². The largest absolute Gasteiger partial charge is 0.462 e. The average Bonchev–Trinajstić information content (AvgIpc) is 3.12. The molecule has 1 amide bonds. The summed E-state index contributed by atoms with van der Waals surface area (Å²) in [5, 5.41) is 9.75. The van der Waals surface area contributed by atoms with E-state index in [2.05, 4.69) is 20.8 Å². The van der Waals surface area contributed by atoms with Crippen molar-refractivity contribution in [1.82, 2.24) is 14.7 Å². The van der Waals surface area contributed by atoms with Gasteiger partial charge in [0.25, 0.3) is 0 Å². The second-order valence-electron chi connectivity index (χ2n) is 11.3. The van der Waals surface area contributed by atoms with Crippen molar-refractivity contribution >= 4 is 33.7 Å². The molecule has 5 rings (SSSR count). The highest BCUT2D eigenvalue weighted by Crippen LogP contribution is 2.29. The monoisotopic (exact) mass is 729 g/mol. The Labute approximate surface area is 302 Å². The van der Waals surface area contributed by atoms with Gasteiger partial charge >= 0.3 is 11.9 Å². The molecule has 272 valence electrons. The molecule has 2 aromatic heterocycles. The highest BCUT2D eigenvalue weighted by atomic mass is 32.2. The Kier molecular flexibility index (Phi) is 14.8. The second-order valence-corrected chi connectivity index (χ2v) is 13.0. The lowest BCUT2D eigenvalue weighted by atomic mass is 9.98. The van der Waals surface area contributed by atoms with Crippen LogP contribution in [0.1, 0.15) is 56.9 Å². The number of esters is 2. The molecule has 0 aliphatic carbocycles. The molecule has 1 fully saturated rings. The SMILES string of the molecule is CCOC(=O)c1cc(C#N)c(N2CC(C(=O)NS(=O)(=O)Cc3ccccc3)C2)nc1COCc1ccccc1.CCOCOC(=O)c1cccnc1. The van der Waals surface area contributed by atoms with E-state index in [1.165, 1.54) is 12.3 Å². The predicted molar refractivity (Wildman–Crippen MR) is 189 cm³/mol. The molecule has 1 aliphatic heterocycles. The number of amides is 1. The van der Waals surface area contributed by atoms with Crippen molar-refractivity contribution in [2.75, 3.05) is 38.0 Å². The van der Waals surface area contributed by atoms with E-state index in [0.717, 1.165) is 5.56 Å². The minimum absolute atomic E-state index is 0.00274. The number of nitriles is 1. The fraction of sp³-hybridized carbons (Fsp3) is 0.297. The fourth-order valence-corrected chi connectivity index (χ4v) is 6.00. The number of aromatic nitrogens is 2. The molecule has 52 heavy (non-hydrogen) atoms. The molecule has 0 radical (unpaired) electrons. The number of carbonyl (C=O) groups excluding carboxylic acids is 3. The molecular weight excluding hydrogens is 691 g/mol. The summed E-state index contributed by atoms with van der Waals surface area (Å²) in [6, 6.07) is 24.9. The van der Waals surface area contributed by atoms with E-state index in [0.29, 0.717) is 35.9 Å². The maximum Gasteiger partial charge on any atom is 0.341 e. The quantitative estimate of drug-likeness (QED) is 0.105. The summed E-state index contributed by atoms with van der Waals surface area (Å²) >= 11 is 0. The van der Waals surface area contributed by atoms with Gasteiger partial charge < -0.3 is 23.8 Å². The summed E-state index contributed by atoms with van der Waals surface area (Å²) in [6.45, 7) is 4.81. The van der Waals surface area contributed by atoms with Gasteiger partial charge in [-0.2, -0.15) is 5.26 Å². The van der Waals surface area contributed by atoms with Crippen LogP contribution < -0.4 is 9.62 Å². The summed E-state index contributed by atoms with van der Waals surface area (Å²) in [7, 11) is -3.86. The number of sulfonamides is 1. The number of nitrogens with zero attached hydrogens (tertiary/aromatic N) is 4. The second kappa shape index (κ2) is 19.6. The zero-order valence-corrected chi connectivity index (χ0v) is 29.6. The molecule has 1 aliphatic rings. The third-order valence-electron chi connectivity index (χ3n) is 7.43. The lowest BCUT2D eigenvalue weighted by Crippen LogP contribution is -2.55. The average molecular weight is 730 g/mol. The number of hydrogen-bond donors (Lipinski definition) is 1. The maximum atomic E-state index is 12.6. The predicted octanol–water partition coefficient (Wildman–Crippen LogP) is 4.16. The molecule has 0 saturated carbocycles. The molecule has 14 nitrogen and oxygen atoms in total. The summed E-state index contributed by atoms with van der Waals surface area (Å²) in [4.78, 5) is 46.4. The van der Waals surface area contributed by atoms with Crippen LogP contribution in [0.2, 0.25) is 0 Å². The Balaban J connectivity index is 0.000000392. The number of pyridine rings is 2. The first kappa shape index (κ1) is 39.1. The topological polar surface area (TPSA) is 187 Å². The van der Waals surface area contributed by atoms with Crippen LogP contribution in [0, 0.1) is 17.2 Å². The van der Waals surface area contributed by atoms with Crippen LogP contribution in [0.3, 0.4) is 0 Å². The van der Waals surface area contributed by atoms with E-state index in [1.54, 1.807) is 60.5 Å². The lowest BCUT2D eigenvalue weighted by molar-refractivity contribution is -0.123. The van der Waals surface area contributed by atoms with Gasteiger partial charge in [-0.05, 0) is 43.2 Å². The highest BCUT2D eigenvalue weighted by Gasteiger charge is 2.37. The van der Waals surface area contributed by atoms with E-state index in [4.69, 9.17) is 18.9 Å². The van der Waals surface area contributed by atoms with E-state index in [1.807, 2.05) is 37.3 Å². The lowest BCUT2D eigenvalue weighted by Gasteiger charge is -2.39.